The molecular weight excluding hydrogens is 461 g/mol. The Kier molecular flexibility index (Phi) is 6.07. The zero-order valence-corrected chi connectivity index (χ0v) is 16.2. The van der Waals surface area contributed by atoms with Crippen molar-refractivity contribution >= 4 is 40.0 Å². The molecular formula is C19H16ClF2IO2. The SMILES string of the molecule is O=C(COCC1CC1)c1ccc(F)c(F)c1Cc1ccc(I)cc1Cl. The highest BCUT2D eigenvalue weighted by Crippen LogP contribution is 2.29. The van der Waals surface area contributed by atoms with Crippen LogP contribution in [0, 0.1) is 21.1 Å². The van der Waals surface area contributed by atoms with Crippen LogP contribution in [0.4, 0.5) is 8.78 Å². The summed E-state index contributed by atoms with van der Waals surface area (Å²) in [4.78, 5) is 12.4. The predicted octanol–water partition coefficient (Wildman–Crippen LogP) is 5.42. The Bertz CT molecular complexity index is 806. The summed E-state index contributed by atoms with van der Waals surface area (Å²) in [5.74, 6) is -1.81. The number of hydrogen-bond donors (Lipinski definition) is 0. The van der Waals surface area contributed by atoms with Crippen LogP contribution in [0.3, 0.4) is 0 Å². The highest BCUT2D eigenvalue weighted by molar-refractivity contribution is 14.1. The first-order chi connectivity index (χ1) is 12.0. The summed E-state index contributed by atoms with van der Waals surface area (Å²) < 4.78 is 34.4. The molecule has 0 N–H and O–H groups in total. The van der Waals surface area contributed by atoms with Crippen LogP contribution in [0.5, 0.6) is 0 Å². The number of carbonyl (C=O) groups is 1. The number of halogens is 4. The van der Waals surface area contributed by atoms with Gasteiger partial charge in [-0.25, -0.2) is 8.78 Å². The molecule has 0 heterocycles. The maximum absolute atomic E-state index is 14.4. The molecule has 2 aromatic carbocycles. The Morgan fingerprint density at radius 1 is 1.24 bits per heavy atom. The molecule has 1 aliphatic carbocycles. The lowest BCUT2D eigenvalue weighted by Gasteiger charge is -2.12. The highest BCUT2D eigenvalue weighted by Gasteiger charge is 2.23. The molecule has 132 valence electrons. The van der Waals surface area contributed by atoms with Gasteiger partial charge in [0.2, 0.25) is 0 Å². The first-order valence-corrected chi connectivity index (χ1v) is 9.43. The molecule has 0 unspecified atom stereocenters. The van der Waals surface area contributed by atoms with E-state index in [9.17, 15) is 13.6 Å². The summed E-state index contributed by atoms with van der Waals surface area (Å²) in [5, 5.41) is 0.457. The van der Waals surface area contributed by atoms with Gasteiger partial charge in [0.15, 0.2) is 17.4 Å². The monoisotopic (exact) mass is 476 g/mol. The molecule has 0 spiro atoms. The van der Waals surface area contributed by atoms with Crippen LogP contribution in [0.15, 0.2) is 30.3 Å². The zero-order chi connectivity index (χ0) is 18.0. The van der Waals surface area contributed by atoms with E-state index < -0.39 is 11.6 Å². The van der Waals surface area contributed by atoms with Crippen LogP contribution >= 0.6 is 34.2 Å². The molecule has 1 fully saturated rings. The Hall–Kier alpha value is -1.05. The summed E-state index contributed by atoms with van der Waals surface area (Å²) in [5.41, 5.74) is 0.798. The first-order valence-electron chi connectivity index (χ1n) is 7.97. The van der Waals surface area contributed by atoms with Gasteiger partial charge in [-0.15, -0.1) is 0 Å². The summed E-state index contributed by atoms with van der Waals surface area (Å²) in [6.45, 7) is 0.405. The minimum Gasteiger partial charge on any atom is -0.373 e. The number of benzene rings is 2. The molecule has 25 heavy (non-hydrogen) atoms. The Labute approximate surface area is 163 Å². The van der Waals surface area contributed by atoms with Crippen molar-refractivity contribution in [1.29, 1.82) is 0 Å². The second-order valence-corrected chi connectivity index (χ2v) is 7.83. The smallest absolute Gasteiger partial charge is 0.188 e. The number of hydrogen-bond acceptors (Lipinski definition) is 2. The third-order valence-corrected chi connectivity index (χ3v) is 5.19. The lowest BCUT2D eigenvalue weighted by molar-refractivity contribution is 0.0738. The van der Waals surface area contributed by atoms with Crippen LogP contribution < -0.4 is 0 Å². The first kappa shape index (κ1) is 18.7. The zero-order valence-electron chi connectivity index (χ0n) is 13.3. The van der Waals surface area contributed by atoms with Crippen molar-refractivity contribution in [3.05, 3.63) is 67.2 Å². The van der Waals surface area contributed by atoms with Crippen molar-refractivity contribution in [1.82, 2.24) is 0 Å². The van der Waals surface area contributed by atoms with Gasteiger partial charge < -0.3 is 4.74 Å². The number of ketones is 1. The second-order valence-electron chi connectivity index (χ2n) is 6.18. The van der Waals surface area contributed by atoms with E-state index >= 15 is 0 Å². The van der Waals surface area contributed by atoms with E-state index in [4.69, 9.17) is 16.3 Å². The van der Waals surface area contributed by atoms with E-state index in [-0.39, 0.29) is 29.9 Å². The minimum atomic E-state index is -1.01. The number of Topliss-reactive ketones (excluding diaryl/α,β-unsaturated/α-hetero) is 1. The predicted molar refractivity (Wildman–Crippen MR) is 101 cm³/mol. The third kappa shape index (κ3) is 4.77. The normalized spacial score (nSPS) is 13.9. The van der Waals surface area contributed by atoms with E-state index in [2.05, 4.69) is 22.6 Å². The van der Waals surface area contributed by atoms with Crippen molar-refractivity contribution in [3.63, 3.8) is 0 Å². The van der Waals surface area contributed by atoms with Crippen LogP contribution in [0.1, 0.15) is 34.3 Å². The molecule has 2 nitrogen and oxygen atoms in total. The van der Waals surface area contributed by atoms with Crippen LogP contribution in [-0.2, 0) is 11.2 Å². The van der Waals surface area contributed by atoms with Gasteiger partial charge in [0.1, 0.15) is 6.61 Å². The fraction of sp³-hybridized carbons (Fsp3) is 0.316. The topological polar surface area (TPSA) is 26.3 Å². The summed E-state index contributed by atoms with van der Waals surface area (Å²) >= 11 is 8.32. The third-order valence-electron chi connectivity index (χ3n) is 4.16. The van der Waals surface area contributed by atoms with E-state index in [1.165, 1.54) is 6.07 Å². The molecule has 3 rings (SSSR count). The van der Waals surface area contributed by atoms with Gasteiger partial charge in [0.25, 0.3) is 0 Å². The highest BCUT2D eigenvalue weighted by atomic mass is 127. The second kappa shape index (κ2) is 8.10. The Balaban J connectivity index is 1.85. The molecule has 0 bridgehead atoms. The maximum atomic E-state index is 14.4. The van der Waals surface area contributed by atoms with Crippen LogP contribution in [0.2, 0.25) is 5.02 Å². The summed E-state index contributed by atoms with van der Waals surface area (Å²) in [6, 6.07) is 7.63. The van der Waals surface area contributed by atoms with Gasteiger partial charge in [-0.3, -0.25) is 4.79 Å². The number of rotatable bonds is 7. The van der Waals surface area contributed by atoms with Gasteiger partial charge >= 0.3 is 0 Å². The maximum Gasteiger partial charge on any atom is 0.188 e. The molecule has 0 radical (unpaired) electrons. The molecule has 0 saturated heterocycles. The molecule has 1 aliphatic rings. The Morgan fingerprint density at radius 3 is 2.68 bits per heavy atom. The van der Waals surface area contributed by atoms with Gasteiger partial charge in [-0.2, -0.15) is 0 Å². The average Bonchev–Trinajstić information content (AvgIpc) is 3.38. The minimum absolute atomic E-state index is 0.0168. The van der Waals surface area contributed by atoms with Crippen molar-refractivity contribution in [2.45, 2.75) is 19.3 Å². The largest absolute Gasteiger partial charge is 0.373 e. The average molecular weight is 477 g/mol. The van der Waals surface area contributed by atoms with Gasteiger partial charge in [0.05, 0.1) is 6.61 Å². The van der Waals surface area contributed by atoms with Crippen LogP contribution in [-0.4, -0.2) is 19.0 Å². The quantitative estimate of drug-likeness (QED) is 0.394. The molecule has 1 saturated carbocycles. The van der Waals surface area contributed by atoms with E-state index in [1.54, 1.807) is 12.1 Å². The fourth-order valence-corrected chi connectivity index (χ4v) is 3.49. The van der Waals surface area contributed by atoms with E-state index in [0.29, 0.717) is 23.1 Å². The Morgan fingerprint density at radius 2 is 2.00 bits per heavy atom. The molecule has 0 aromatic heterocycles. The molecule has 0 amide bonds. The van der Waals surface area contributed by atoms with Crippen LogP contribution in [0.25, 0.3) is 0 Å². The summed E-state index contributed by atoms with van der Waals surface area (Å²) in [7, 11) is 0. The molecule has 2 aromatic rings. The van der Waals surface area contributed by atoms with Gasteiger partial charge in [-0.1, -0.05) is 17.7 Å². The van der Waals surface area contributed by atoms with Crippen molar-refractivity contribution in [2.75, 3.05) is 13.2 Å². The number of carbonyl (C=O) groups excluding carboxylic acids is 1. The fourth-order valence-electron chi connectivity index (χ4n) is 2.56. The number of ether oxygens (including phenoxy) is 1. The van der Waals surface area contributed by atoms with Gasteiger partial charge in [-0.05, 0) is 71.2 Å². The standard InChI is InChI=1S/C19H16ClF2IO2/c20-16-8-13(23)4-3-12(16)7-15-14(5-6-17(21)19(15)22)18(24)10-25-9-11-1-2-11/h3-6,8,11H,1-2,7,9-10H2. The van der Waals surface area contributed by atoms with E-state index in [1.807, 2.05) is 6.07 Å². The van der Waals surface area contributed by atoms with Crippen molar-refractivity contribution < 1.29 is 18.3 Å². The molecule has 6 heteroatoms. The van der Waals surface area contributed by atoms with E-state index in [0.717, 1.165) is 22.5 Å². The lowest BCUT2D eigenvalue weighted by Crippen LogP contribution is -2.15. The van der Waals surface area contributed by atoms with Crippen molar-refractivity contribution in [3.8, 4) is 0 Å². The van der Waals surface area contributed by atoms with Crippen molar-refractivity contribution in [2.24, 2.45) is 5.92 Å². The molecule has 0 atom stereocenters. The molecule has 0 aliphatic heterocycles. The lowest BCUT2D eigenvalue weighted by atomic mass is 9.96. The van der Waals surface area contributed by atoms with Gasteiger partial charge in [0, 0.05) is 26.1 Å². The summed E-state index contributed by atoms with van der Waals surface area (Å²) in [6.07, 6.45) is 2.29.